The largest absolute Gasteiger partial charge is 0.419 e. The fourth-order valence-electron chi connectivity index (χ4n) is 1.69. The Balaban J connectivity index is 0.000000581. The van der Waals surface area contributed by atoms with E-state index in [1.54, 1.807) is 4.57 Å². The molecule has 0 spiro atoms. The van der Waals surface area contributed by atoms with Gasteiger partial charge in [-0.2, -0.15) is 0 Å². The highest BCUT2D eigenvalue weighted by atomic mass is 16.4. The Bertz CT molecular complexity index is 397. The number of fused-ring (bicyclic) bond motifs is 1. The van der Waals surface area contributed by atoms with Crippen LogP contribution >= 0.6 is 0 Å². The molecule has 98 valence electrons. The van der Waals surface area contributed by atoms with Crippen LogP contribution in [-0.2, 0) is 6.42 Å². The van der Waals surface area contributed by atoms with Gasteiger partial charge in [0.25, 0.3) is 0 Å². The van der Waals surface area contributed by atoms with Gasteiger partial charge in [0, 0.05) is 12.5 Å². The van der Waals surface area contributed by atoms with E-state index >= 15 is 0 Å². The van der Waals surface area contributed by atoms with Gasteiger partial charge in [-0.3, -0.25) is 4.57 Å². The molecule has 1 heterocycles. The second-order valence-electron chi connectivity index (χ2n) is 3.58. The fraction of sp³-hybridized carbons (Fsp3) is 0.643. The number of aromatic nitrogens is 1. The molecular formula is C14H25NO2. The smallest absolute Gasteiger partial charge is 0.412 e. The first kappa shape index (κ1) is 15.8. The second-order valence-corrected chi connectivity index (χ2v) is 3.58. The minimum atomic E-state index is -0.230. The first-order chi connectivity index (χ1) is 8.20. The number of oxazole rings is 1. The summed E-state index contributed by atoms with van der Waals surface area (Å²) in [5.74, 6) is 0.604. The number of nitrogens with zero attached hydrogens (tertiary/aromatic N) is 1. The normalized spacial score (nSPS) is 12.2. The van der Waals surface area contributed by atoms with E-state index in [-0.39, 0.29) is 11.8 Å². The van der Waals surface area contributed by atoms with Crippen LogP contribution in [0.5, 0.6) is 0 Å². The molecule has 0 unspecified atom stereocenters. The zero-order valence-corrected chi connectivity index (χ0v) is 11.9. The molecule has 0 saturated carbocycles. The highest BCUT2D eigenvalue weighted by Gasteiger charge is 2.17. The van der Waals surface area contributed by atoms with E-state index in [9.17, 15) is 4.79 Å². The molecule has 0 atom stereocenters. The van der Waals surface area contributed by atoms with Gasteiger partial charge in [0.05, 0.1) is 5.69 Å². The standard InChI is InChI=1S/C10H13NO2.2C2H6/c1-7(2)11-8-5-3-4-6-9(8)13-10(11)12;2*1-2/h3,5,7H,4,6H2,1-2H3;2*1-2H3. The molecule has 0 aliphatic heterocycles. The lowest BCUT2D eigenvalue weighted by molar-refractivity contribution is 0.432. The summed E-state index contributed by atoms with van der Waals surface area (Å²) in [5.41, 5.74) is 0.950. The molecule has 0 bridgehead atoms. The van der Waals surface area contributed by atoms with E-state index in [1.807, 2.05) is 47.6 Å². The predicted octanol–water partition coefficient (Wildman–Crippen LogP) is 4.03. The number of allylic oxidation sites excluding steroid dienone is 1. The lowest BCUT2D eigenvalue weighted by atomic mass is 10.1. The summed E-state index contributed by atoms with van der Waals surface area (Å²) in [4.78, 5) is 11.4. The second kappa shape index (κ2) is 7.93. The summed E-state index contributed by atoms with van der Waals surface area (Å²) < 4.78 is 6.85. The highest BCUT2D eigenvalue weighted by Crippen LogP contribution is 2.20. The van der Waals surface area contributed by atoms with Crippen molar-refractivity contribution >= 4 is 6.08 Å². The van der Waals surface area contributed by atoms with Gasteiger partial charge in [0.2, 0.25) is 0 Å². The zero-order chi connectivity index (χ0) is 13.4. The molecule has 0 aromatic carbocycles. The lowest BCUT2D eigenvalue weighted by Gasteiger charge is -2.09. The van der Waals surface area contributed by atoms with Crippen LogP contribution in [0.25, 0.3) is 6.08 Å². The van der Waals surface area contributed by atoms with Crippen molar-refractivity contribution in [1.29, 1.82) is 0 Å². The van der Waals surface area contributed by atoms with E-state index in [4.69, 9.17) is 4.42 Å². The van der Waals surface area contributed by atoms with Crippen LogP contribution in [0.1, 0.15) is 65.5 Å². The van der Waals surface area contributed by atoms with Crippen LogP contribution in [0.15, 0.2) is 15.3 Å². The Labute approximate surface area is 104 Å². The molecule has 1 aliphatic rings. The molecule has 1 aromatic heterocycles. The van der Waals surface area contributed by atoms with Gasteiger partial charge in [-0.1, -0.05) is 33.8 Å². The summed E-state index contributed by atoms with van der Waals surface area (Å²) in [5, 5.41) is 0. The van der Waals surface area contributed by atoms with E-state index < -0.39 is 0 Å². The zero-order valence-electron chi connectivity index (χ0n) is 11.9. The van der Waals surface area contributed by atoms with E-state index in [1.165, 1.54) is 0 Å². The Morgan fingerprint density at radius 2 is 1.82 bits per heavy atom. The topological polar surface area (TPSA) is 35.1 Å². The van der Waals surface area contributed by atoms with Crippen LogP contribution in [0, 0.1) is 0 Å². The van der Waals surface area contributed by atoms with Crippen molar-refractivity contribution in [3.8, 4) is 0 Å². The van der Waals surface area contributed by atoms with Crippen LogP contribution < -0.4 is 5.76 Å². The molecule has 0 fully saturated rings. The number of aryl methyl sites for hydroxylation is 1. The van der Waals surface area contributed by atoms with Crippen LogP contribution in [0.4, 0.5) is 0 Å². The number of hydrogen-bond donors (Lipinski definition) is 0. The van der Waals surface area contributed by atoms with Crippen molar-refractivity contribution in [2.75, 3.05) is 0 Å². The molecule has 3 nitrogen and oxygen atoms in total. The number of hydrogen-bond acceptors (Lipinski definition) is 2. The van der Waals surface area contributed by atoms with Gasteiger partial charge in [-0.25, -0.2) is 4.79 Å². The van der Waals surface area contributed by atoms with Gasteiger partial charge < -0.3 is 4.42 Å². The minimum Gasteiger partial charge on any atom is -0.412 e. The highest BCUT2D eigenvalue weighted by molar-refractivity contribution is 5.49. The molecule has 0 amide bonds. The maximum Gasteiger partial charge on any atom is 0.419 e. The fourth-order valence-corrected chi connectivity index (χ4v) is 1.69. The maximum absolute atomic E-state index is 11.4. The Morgan fingerprint density at radius 3 is 2.35 bits per heavy atom. The Kier molecular flexibility index (Phi) is 7.35. The number of rotatable bonds is 1. The van der Waals surface area contributed by atoms with Gasteiger partial charge in [0.1, 0.15) is 5.76 Å². The van der Waals surface area contributed by atoms with Gasteiger partial charge >= 0.3 is 5.76 Å². The third-order valence-corrected chi connectivity index (χ3v) is 2.28. The quantitative estimate of drug-likeness (QED) is 0.741. The van der Waals surface area contributed by atoms with Crippen molar-refractivity contribution in [2.45, 2.75) is 60.4 Å². The monoisotopic (exact) mass is 239 g/mol. The molecule has 0 saturated heterocycles. The minimum absolute atomic E-state index is 0.169. The van der Waals surface area contributed by atoms with Gasteiger partial charge in [-0.05, 0) is 26.3 Å². The van der Waals surface area contributed by atoms with E-state index in [2.05, 4.69) is 6.08 Å². The lowest BCUT2D eigenvalue weighted by Crippen LogP contribution is -2.17. The summed E-state index contributed by atoms with van der Waals surface area (Å²) in [6.45, 7) is 12.0. The van der Waals surface area contributed by atoms with E-state index in [0.29, 0.717) is 0 Å². The van der Waals surface area contributed by atoms with Gasteiger partial charge in [0.15, 0.2) is 0 Å². The SMILES string of the molecule is CC.CC.CC(C)n1c2c(oc1=O)CCC=C2. The van der Waals surface area contributed by atoms with E-state index in [0.717, 1.165) is 24.3 Å². The summed E-state index contributed by atoms with van der Waals surface area (Å²) in [6, 6.07) is 0.169. The first-order valence-electron chi connectivity index (χ1n) is 6.61. The van der Waals surface area contributed by atoms with Crippen molar-refractivity contribution < 1.29 is 4.42 Å². The Morgan fingerprint density at radius 1 is 1.24 bits per heavy atom. The third kappa shape index (κ3) is 3.62. The van der Waals surface area contributed by atoms with Crippen molar-refractivity contribution in [3.05, 3.63) is 28.1 Å². The predicted molar refractivity (Wildman–Crippen MR) is 73.4 cm³/mol. The Hall–Kier alpha value is -1.25. The molecule has 3 heteroatoms. The summed E-state index contributed by atoms with van der Waals surface area (Å²) in [6.07, 6.45) is 5.87. The average molecular weight is 239 g/mol. The summed E-state index contributed by atoms with van der Waals surface area (Å²) >= 11 is 0. The molecule has 0 radical (unpaired) electrons. The van der Waals surface area contributed by atoms with Crippen LogP contribution in [0.3, 0.4) is 0 Å². The average Bonchev–Trinajstić information content (AvgIpc) is 2.70. The molecule has 0 N–H and O–H groups in total. The molecule has 17 heavy (non-hydrogen) atoms. The molecule has 1 aromatic rings. The summed E-state index contributed by atoms with van der Waals surface area (Å²) in [7, 11) is 0. The van der Waals surface area contributed by atoms with Crippen molar-refractivity contribution in [2.24, 2.45) is 0 Å². The molecule has 2 rings (SSSR count). The van der Waals surface area contributed by atoms with Crippen LogP contribution in [-0.4, -0.2) is 4.57 Å². The molecule has 1 aliphatic carbocycles. The first-order valence-corrected chi connectivity index (χ1v) is 6.61. The van der Waals surface area contributed by atoms with Crippen molar-refractivity contribution in [1.82, 2.24) is 4.57 Å². The van der Waals surface area contributed by atoms with Crippen molar-refractivity contribution in [3.63, 3.8) is 0 Å². The van der Waals surface area contributed by atoms with Gasteiger partial charge in [-0.15, -0.1) is 0 Å². The maximum atomic E-state index is 11.4. The third-order valence-electron chi connectivity index (χ3n) is 2.28. The van der Waals surface area contributed by atoms with Crippen LogP contribution in [0.2, 0.25) is 0 Å². The molecular weight excluding hydrogens is 214 g/mol.